The number of hydrogen-bond donors (Lipinski definition) is 6. The third kappa shape index (κ3) is 33.2. The second kappa shape index (κ2) is 40.1. The summed E-state index contributed by atoms with van der Waals surface area (Å²) in [6, 6.07) is 4.87. The standard InChI is InChI=1S/C12H7F6N3O2S.C7H5F3N2O3.C7H7F3N2O.C5H2F3NO2S.C5H3FN2O3.C5H4FNO.C2H3F2I.CH4.HNO3/c13-6-1-5(3-21(10(6)23)4-8(14)15)20-9(22)7-2-19-11(24-7)12(16,17)18;8-5-1-4(12(14)15)2-11(7(5)13)3-6(9)10;8-5-1-4(11)2-12(7(5)13)3-6(9)10;6-5(7,8)4-9-1-2(12-4)3(10)11;6-4-1-3(8(10)11)2-7-5(4)9;6-4-2-1-3-7-5(4)8;3-2(4)1-5;;2-1(3)4/h1-3,8H,4H2,(H,20,22);1-2,6H,3H2;1-2,6H,3,11H2;1H,(H,10,11);1-2H,(H,7,9);1-3H,(H,7,8);2H,1H2;1H4;(H,2,3,4). The summed E-state index contributed by atoms with van der Waals surface area (Å²) in [4.78, 5) is 112. The van der Waals surface area contributed by atoms with Gasteiger partial charge >= 0.3 is 18.3 Å². The van der Waals surface area contributed by atoms with Gasteiger partial charge in [-0.1, -0.05) is 30.0 Å². The third-order valence-corrected chi connectivity index (χ3v) is 11.2. The lowest BCUT2D eigenvalue weighted by molar-refractivity contribution is -0.742. The Morgan fingerprint density at radius 2 is 1.01 bits per heavy atom. The number of nitrogen functional groups attached to an aromatic ring is 1. The van der Waals surface area contributed by atoms with E-state index in [2.05, 4.69) is 15.0 Å². The summed E-state index contributed by atoms with van der Waals surface area (Å²) in [7, 11) is 0. The zero-order valence-corrected chi connectivity index (χ0v) is 47.7. The highest BCUT2D eigenvalue weighted by Gasteiger charge is 2.36. The molecule has 7 rings (SSSR count). The fraction of sp³-hybridized carbons (Fsp3) is 0.250. The molecule has 0 fully saturated rings. The van der Waals surface area contributed by atoms with E-state index in [-0.39, 0.29) is 50.5 Å². The van der Waals surface area contributed by atoms with E-state index in [1.165, 1.54) is 12.3 Å². The van der Waals surface area contributed by atoms with Gasteiger partial charge < -0.3 is 45.0 Å². The summed E-state index contributed by atoms with van der Waals surface area (Å²) in [6.07, 6.45) is -14.0. The first-order valence-electron chi connectivity index (χ1n) is 22.4. The molecule has 514 valence electrons. The number of aromatic amines is 2. The fourth-order valence-corrected chi connectivity index (χ4v) is 6.29. The zero-order valence-electron chi connectivity index (χ0n) is 43.9. The number of aromatic carboxylic acids is 1. The maximum absolute atomic E-state index is 13.4. The largest absolute Gasteiger partial charge is 0.477 e. The molecule has 0 aliphatic rings. The molecular formula is C44H36F19IN12O15S2. The van der Waals surface area contributed by atoms with Crippen LogP contribution in [0.3, 0.4) is 0 Å². The van der Waals surface area contributed by atoms with Crippen LogP contribution in [-0.4, -0.2) is 101 Å². The Bertz CT molecular complexity index is 3900. The Morgan fingerprint density at radius 3 is 1.37 bits per heavy atom. The second-order valence-electron chi connectivity index (χ2n) is 15.3. The number of hydrogen-bond acceptors (Lipinski definition) is 18. The minimum atomic E-state index is -4.72. The molecule has 0 aromatic carbocycles. The number of anilines is 2. The summed E-state index contributed by atoms with van der Waals surface area (Å²) >= 11 is 1.80. The average molecular weight is 1520 g/mol. The summed E-state index contributed by atoms with van der Waals surface area (Å²) in [5.74, 6) is -8.29. The van der Waals surface area contributed by atoms with Crippen molar-refractivity contribution >= 4 is 79.9 Å². The number of carboxylic acids is 1. The van der Waals surface area contributed by atoms with Gasteiger partial charge in [-0.2, -0.15) is 26.3 Å². The molecule has 93 heavy (non-hydrogen) atoms. The predicted octanol–water partition coefficient (Wildman–Crippen LogP) is 9.75. The molecule has 7 N–H and O–H groups in total. The second-order valence-corrected chi connectivity index (χ2v) is 18.2. The van der Waals surface area contributed by atoms with E-state index in [4.69, 9.17) is 26.2 Å². The SMILES string of the molecule is C.FC(F)CI.Nc1cc(F)c(=O)n(CC(F)F)c1.O=C(Nc1cc(F)c(=O)n(CC(F)F)c1)c1cnc(C(F)(F)F)s1.O=C(O)c1cnc(C(F)(F)F)s1.O=[N+]([O-])O.O=c1[nH]cc([N+](=O)[O-])cc1F.O=c1[nH]cccc1F.O=c1c(F)cc([N+](=O)[O-])cn1CC(F)F. The summed E-state index contributed by atoms with van der Waals surface area (Å²) in [6.45, 7) is -3.02. The molecule has 0 saturated heterocycles. The van der Waals surface area contributed by atoms with Crippen molar-refractivity contribution in [2.45, 2.75) is 65.1 Å². The van der Waals surface area contributed by atoms with Crippen molar-refractivity contribution < 1.29 is 118 Å². The highest BCUT2D eigenvalue weighted by Crippen LogP contribution is 2.33. The van der Waals surface area contributed by atoms with Gasteiger partial charge in [0.1, 0.15) is 9.75 Å². The number of carbonyl (C=O) groups is 2. The third-order valence-electron chi connectivity index (χ3n) is 8.48. The van der Waals surface area contributed by atoms with Crippen LogP contribution in [-0.2, 0) is 32.0 Å². The quantitative estimate of drug-likeness (QED) is 0.0218. The molecule has 7 aromatic rings. The molecule has 0 aliphatic carbocycles. The number of carboxylic acid groups (broad SMARTS) is 1. The Hall–Kier alpha value is -9.85. The van der Waals surface area contributed by atoms with Crippen LogP contribution in [0.2, 0.25) is 0 Å². The number of nitrogens with one attached hydrogen (secondary N) is 3. The molecule has 49 heteroatoms. The summed E-state index contributed by atoms with van der Waals surface area (Å²) < 4.78 is 231. The van der Waals surface area contributed by atoms with E-state index in [1.807, 2.05) is 10.3 Å². The van der Waals surface area contributed by atoms with Gasteiger partial charge in [0.25, 0.3) is 69.4 Å². The van der Waals surface area contributed by atoms with Crippen LogP contribution >= 0.6 is 45.3 Å². The molecule has 7 heterocycles. The summed E-state index contributed by atoms with van der Waals surface area (Å²) in [5, 5.41) is 41.8. The Labute approximate surface area is 521 Å². The van der Waals surface area contributed by atoms with Gasteiger partial charge in [-0.15, -0.1) is 32.8 Å². The highest BCUT2D eigenvalue weighted by atomic mass is 127. The molecule has 7 aromatic heterocycles. The number of pyridine rings is 5. The number of carbonyl (C=O) groups excluding carboxylic acids is 1. The molecule has 0 spiro atoms. The molecular weight excluding hydrogens is 1490 g/mol. The van der Waals surface area contributed by atoms with Gasteiger partial charge in [-0.25, -0.2) is 71.8 Å². The van der Waals surface area contributed by atoms with Crippen molar-refractivity contribution in [1.82, 2.24) is 33.6 Å². The van der Waals surface area contributed by atoms with Crippen molar-refractivity contribution in [2.75, 3.05) is 15.5 Å². The molecule has 0 unspecified atom stereocenters. The number of nitro groups is 2. The lowest BCUT2D eigenvalue weighted by Gasteiger charge is -2.09. The fourth-order valence-electron chi connectivity index (χ4n) is 4.98. The molecule has 0 saturated carbocycles. The number of halogens is 20. The monoisotopic (exact) mass is 1520 g/mol. The van der Waals surface area contributed by atoms with E-state index in [0.717, 1.165) is 30.7 Å². The number of H-pyrrole nitrogens is 2. The zero-order chi connectivity index (χ0) is 71.3. The smallest absolute Gasteiger partial charge is 0.443 e. The number of thiazole rings is 2. The molecule has 0 bridgehead atoms. The van der Waals surface area contributed by atoms with Crippen molar-refractivity contribution in [2.24, 2.45) is 0 Å². The molecule has 1 amide bonds. The number of rotatable bonds is 12. The maximum Gasteiger partial charge on any atom is 0.443 e. The van der Waals surface area contributed by atoms with Gasteiger partial charge in [0.15, 0.2) is 39.1 Å². The normalized spacial score (nSPS) is 10.5. The van der Waals surface area contributed by atoms with Crippen LogP contribution < -0.4 is 38.8 Å². The van der Waals surface area contributed by atoms with Crippen LogP contribution in [0.4, 0.5) is 106 Å². The number of alkyl halides is 15. The lowest BCUT2D eigenvalue weighted by Crippen LogP contribution is -2.26. The Kier molecular flexibility index (Phi) is 36.7. The number of nitrogens with zero attached hydrogens (tertiary/aromatic N) is 8. The van der Waals surface area contributed by atoms with E-state index in [1.54, 1.807) is 22.6 Å². The summed E-state index contributed by atoms with van der Waals surface area (Å²) in [5.41, 5.74) is -1.82. The minimum absolute atomic E-state index is 0. The van der Waals surface area contributed by atoms with E-state index < -0.39 is 173 Å². The van der Waals surface area contributed by atoms with E-state index >= 15 is 0 Å². The lowest BCUT2D eigenvalue weighted by atomic mass is 10.3. The van der Waals surface area contributed by atoms with Crippen molar-refractivity contribution in [3.05, 3.63) is 211 Å². The number of amides is 1. The van der Waals surface area contributed by atoms with Crippen LogP contribution in [0.5, 0.6) is 0 Å². The molecule has 27 nitrogen and oxygen atoms in total. The topological polar surface area (TPSA) is 400 Å². The van der Waals surface area contributed by atoms with Gasteiger partial charge in [0.05, 0.1) is 82.2 Å². The minimum Gasteiger partial charge on any atom is -0.477 e. The maximum atomic E-state index is 13.4. The van der Waals surface area contributed by atoms with Crippen LogP contribution in [0, 0.1) is 59.4 Å². The van der Waals surface area contributed by atoms with E-state index in [9.17, 15) is 137 Å². The van der Waals surface area contributed by atoms with Crippen molar-refractivity contribution in [3.8, 4) is 0 Å². The number of aromatic nitrogens is 7. The molecule has 0 radical (unpaired) electrons. The van der Waals surface area contributed by atoms with Crippen LogP contribution in [0.25, 0.3) is 0 Å². The first-order valence-corrected chi connectivity index (χ1v) is 25.6. The first kappa shape index (κ1) is 85.2. The highest BCUT2D eigenvalue weighted by molar-refractivity contribution is 14.1. The van der Waals surface area contributed by atoms with Gasteiger partial charge in [0.2, 0.25) is 6.43 Å². The predicted molar refractivity (Wildman–Crippen MR) is 291 cm³/mol. The van der Waals surface area contributed by atoms with Crippen LogP contribution in [0.1, 0.15) is 36.8 Å². The van der Waals surface area contributed by atoms with E-state index in [0.29, 0.717) is 45.9 Å². The Balaban J connectivity index is 0. The van der Waals surface area contributed by atoms with Gasteiger partial charge in [-0.05, 0) is 12.1 Å². The molecule has 0 atom stereocenters. The number of nitrogens with two attached hydrogens (primary N) is 1. The Morgan fingerprint density at radius 1 is 0.624 bits per heavy atom. The average Bonchev–Trinajstić information content (AvgIpc) is 1.74. The van der Waals surface area contributed by atoms with Crippen molar-refractivity contribution in [3.63, 3.8) is 0 Å². The van der Waals surface area contributed by atoms with Crippen LogP contribution in [0.15, 0.2) is 104 Å². The molecule has 0 aliphatic heterocycles. The first-order chi connectivity index (χ1) is 42.3. The van der Waals surface area contributed by atoms with Crippen molar-refractivity contribution in [1.29, 1.82) is 0 Å². The van der Waals surface area contributed by atoms with Gasteiger partial charge in [0, 0.05) is 30.7 Å². The van der Waals surface area contributed by atoms with Gasteiger partial charge in [-0.3, -0.25) is 49.0 Å².